The van der Waals surface area contributed by atoms with E-state index < -0.39 is 10.2 Å². The third-order valence-corrected chi connectivity index (χ3v) is 7.78. The number of fused-ring (bicyclic) bond motifs is 2. The Kier molecular flexibility index (Phi) is 4.83. The first-order chi connectivity index (χ1) is 12.8. The summed E-state index contributed by atoms with van der Waals surface area (Å²) in [6.45, 7) is 3.97. The summed E-state index contributed by atoms with van der Waals surface area (Å²) in [5, 5.41) is 1.38. The van der Waals surface area contributed by atoms with Gasteiger partial charge in [-0.15, -0.1) is 0 Å². The second-order valence-corrected chi connectivity index (χ2v) is 10.1. The summed E-state index contributed by atoms with van der Waals surface area (Å²) < 4.78 is 31.2. The molecule has 0 saturated carbocycles. The molecule has 0 amide bonds. The average molecular weight is 391 g/mol. The Morgan fingerprint density at radius 1 is 1.30 bits per heavy atom. The Morgan fingerprint density at radius 3 is 2.78 bits per heavy atom. The van der Waals surface area contributed by atoms with Crippen LogP contribution in [0.25, 0.3) is 10.9 Å². The highest BCUT2D eigenvalue weighted by molar-refractivity contribution is 7.87. The summed E-state index contributed by atoms with van der Waals surface area (Å²) in [6.07, 6.45) is 5.25. The molecule has 2 aliphatic rings. The van der Waals surface area contributed by atoms with Crippen molar-refractivity contribution in [3.8, 4) is 0 Å². The fourth-order valence-corrected chi connectivity index (χ4v) is 5.82. The molecule has 3 atom stereocenters. The zero-order valence-electron chi connectivity index (χ0n) is 16.6. The van der Waals surface area contributed by atoms with Crippen molar-refractivity contribution < 1.29 is 8.42 Å². The first-order valence-corrected chi connectivity index (χ1v) is 11.3. The van der Waals surface area contributed by atoms with E-state index in [1.807, 2.05) is 0 Å². The number of aromatic nitrogens is 1. The minimum Gasteiger partial charge on any atom is -0.350 e. The summed E-state index contributed by atoms with van der Waals surface area (Å²) in [5.41, 5.74) is 4.09. The molecule has 0 spiro atoms. The molecule has 4 rings (SSSR count). The highest BCUT2D eigenvalue weighted by Gasteiger charge is 2.41. The molecular weight excluding hydrogens is 360 g/mol. The molecule has 7 heteroatoms. The van der Waals surface area contributed by atoms with Gasteiger partial charge < -0.3 is 4.57 Å². The zero-order valence-corrected chi connectivity index (χ0v) is 17.5. The van der Waals surface area contributed by atoms with Gasteiger partial charge in [0.15, 0.2) is 0 Å². The molecule has 6 nitrogen and oxygen atoms in total. The van der Waals surface area contributed by atoms with E-state index >= 15 is 0 Å². The number of piperidine rings is 1. The summed E-state index contributed by atoms with van der Waals surface area (Å²) in [5.74, 6) is 0.360. The van der Waals surface area contributed by atoms with E-state index in [0.717, 1.165) is 32.4 Å². The number of rotatable bonds is 5. The summed E-state index contributed by atoms with van der Waals surface area (Å²) >= 11 is 0. The number of aryl methyl sites for hydroxylation is 1. The second-order valence-electron chi connectivity index (χ2n) is 8.22. The zero-order chi connectivity index (χ0) is 19.3. The molecule has 0 bridgehead atoms. The molecule has 0 radical (unpaired) electrons. The van der Waals surface area contributed by atoms with Crippen molar-refractivity contribution in [3.63, 3.8) is 0 Å². The first kappa shape index (κ1) is 18.9. The Hall–Kier alpha value is -1.41. The molecule has 1 aliphatic carbocycles. The molecular formula is C20H30N4O2S. The fraction of sp³-hybridized carbons (Fsp3) is 0.600. The molecule has 1 saturated heterocycles. The van der Waals surface area contributed by atoms with Crippen molar-refractivity contribution in [1.82, 2.24) is 18.5 Å². The fourth-order valence-electron chi connectivity index (χ4n) is 5.02. The van der Waals surface area contributed by atoms with E-state index in [4.69, 9.17) is 0 Å². The van der Waals surface area contributed by atoms with Crippen LogP contribution in [0.5, 0.6) is 0 Å². The van der Waals surface area contributed by atoms with Crippen LogP contribution in [0.1, 0.15) is 36.8 Å². The standard InChI is InChI=1S/C20H30N4O2S/c1-5-9-24-13-15(21-27(25,26)22(2)3)11-17-16-7-6-8-18-20(16)14(10-19(17)24)12-23(18)4/h6-8,12,15,17,19,21H,5,9-11,13H2,1-4H3/t15?,17-,19-/m1/s1. The van der Waals surface area contributed by atoms with Crippen molar-refractivity contribution in [2.45, 2.75) is 44.2 Å². The monoisotopic (exact) mass is 390 g/mol. The Bertz CT molecular complexity index is 950. The van der Waals surface area contributed by atoms with Gasteiger partial charge in [-0.1, -0.05) is 19.1 Å². The van der Waals surface area contributed by atoms with Crippen LogP contribution >= 0.6 is 0 Å². The van der Waals surface area contributed by atoms with Crippen molar-refractivity contribution in [1.29, 1.82) is 0 Å². The van der Waals surface area contributed by atoms with Crippen LogP contribution in [-0.2, 0) is 23.7 Å². The van der Waals surface area contributed by atoms with Gasteiger partial charge >= 0.3 is 0 Å². The maximum Gasteiger partial charge on any atom is 0.279 e. The van der Waals surface area contributed by atoms with Gasteiger partial charge in [0, 0.05) is 62.8 Å². The molecule has 1 N–H and O–H groups in total. The Morgan fingerprint density at radius 2 is 2.07 bits per heavy atom. The third kappa shape index (κ3) is 3.20. The Labute approximate surface area is 162 Å². The van der Waals surface area contributed by atoms with Crippen molar-refractivity contribution in [2.75, 3.05) is 27.2 Å². The summed E-state index contributed by atoms with van der Waals surface area (Å²) in [7, 11) is 1.84. The van der Waals surface area contributed by atoms with Gasteiger partial charge in [-0.2, -0.15) is 17.4 Å². The van der Waals surface area contributed by atoms with Crippen LogP contribution < -0.4 is 4.72 Å². The van der Waals surface area contributed by atoms with Crippen LogP contribution in [0.3, 0.4) is 0 Å². The van der Waals surface area contributed by atoms with Crippen molar-refractivity contribution in [3.05, 3.63) is 35.5 Å². The smallest absolute Gasteiger partial charge is 0.279 e. The van der Waals surface area contributed by atoms with Gasteiger partial charge in [-0.05, 0) is 43.0 Å². The normalized spacial score (nSPS) is 25.9. The molecule has 1 aromatic carbocycles. The van der Waals surface area contributed by atoms with E-state index in [1.54, 1.807) is 14.1 Å². The lowest BCUT2D eigenvalue weighted by molar-refractivity contribution is 0.105. The molecule has 1 aromatic heterocycles. The number of likely N-dealkylation sites (tertiary alicyclic amines) is 1. The minimum absolute atomic E-state index is 0.0641. The van der Waals surface area contributed by atoms with Crippen molar-refractivity contribution in [2.24, 2.45) is 7.05 Å². The molecule has 1 aliphatic heterocycles. The van der Waals surface area contributed by atoms with E-state index in [2.05, 4.69) is 52.6 Å². The highest BCUT2D eigenvalue weighted by Crippen LogP contribution is 2.44. The predicted molar refractivity (Wildman–Crippen MR) is 109 cm³/mol. The second kappa shape index (κ2) is 6.88. The van der Waals surface area contributed by atoms with Crippen LogP contribution in [0, 0.1) is 0 Å². The maximum absolute atomic E-state index is 12.4. The highest BCUT2D eigenvalue weighted by atomic mass is 32.2. The van der Waals surface area contributed by atoms with E-state index in [-0.39, 0.29) is 6.04 Å². The maximum atomic E-state index is 12.4. The molecule has 2 aromatic rings. The van der Waals surface area contributed by atoms with Gasteiger partial charge in [-0.3, -0.25) is 4.90 Å². The average Bonchev–Trinajstić information content (AvgIpc) is 2.93. The molecule has 1 unspecified atom stereocenters. The summed E-state index contributed by atoms with van der Waals surface area (Å²) in [4.78, 5) is 2.51. The molecule has 148 valence electrons. The van der Waals surface area contributed by atoms with Gasteiger partial charge in [-0.25, -0.2) is 0 Å². The summed E-state index contributed by atoms with van der Waals surface area (Å²) in [6, 6.07) is 6.95. The number of nitrogens with one attached hydrogen (secondary N) is 1. The number of benzene rings is 1. The lowest BCUT2D eigenvalue weighted by Gasteiger charge is -2.47. The molecule has 27 heavy (non-hydrogen) atoms. The van der Waals surface area contributed by atoms with Gasteiger partial charge in [0.1, 0.15) is 0 Å². The van der Waals surface area contributed by atoms with E-state index in [9.17, 15) is 8.42 Å². The van der Waals surface area contributed by atoms with Crippen LogP contribution in [0.4, 0.5) is 0 Å². The SMILES string of the molecule is CCCN1CC(NS(=O)(=O)N(C)C)C[C@@H]2c3cccc4c3c(cn4C)C[C@H]21. The number of hydrogen-bond donors (Lipinski definition) is 1. The first-order valence-electron chi connectivity index (χ1n) is 9.82. The molecule has 1 fully saturated rings. The minimum atomic E-state index is -3.43. The van der Waals surface area contributed by atoms with Crippen LogP contribution in [0.15, 0.2) is 24.4 Å². The van der Waals surface area contributed by atoms with E-state index in [0.29, 0.717) is 12.0 Å². The van der Waals surface area contributed by atoms with Gasteiger partial charge in [0.25, 0.3) is 10.2 Å². The van der Waals surface area contributed by atoms with Gasteiger partial charge in [0.05, 0.1) is 0 Å². The Balaban J connectivity index is 1.73. The largest absolute Gasteiger partial charge is 0.350 e. The lowest BCUT2D eigenvalue weighted by Crippen LogP contribution is -2.57. The molecule has 2 heterocycles. The topological polar surface area (TPSA) is 57.6 Å². The van der Waals surface area contributed by atoms with Crippen LogP contribution in [-0.4, -0.2) is 61.5 Å². The van der Waals surface area contributed by atoms with Crippen LogP contribution in [0.2, 0.25) is 0 Å². The van der Waals surface area contributed by atoms with E-state index in [1.165, 1.54) is 26.3 Å². The third-order valence-electron chi connectivity index (χ3n) is 6.19. The van der Waals surface area contributed by atoms with Gasteiger partial charge in [0.2, 0.25) is 0 Å². The quantitative estimate of drug-likeness (QED) is 0.850. The lowest BCUT2D eigenvalue weighted by atomic mass is 9.74. The number of nitrogens with zero attached hydrogens (tertiary/aromatic N) is 3. The van der Waals surface area contributed by atoms with Crippen molar-refractivity contribution >= 4 is 21.1 Å². The number of hydrogen-bond acceptors (Lipinski definition) is 3. The predicted octanol–water partition coefficient (Wildman–Crippen LogP) is 2.07.